The van der Waals surface area contributed by atoms with E-state index < -0.39 is 0 Å². The van der Waals surface area contributed by atoms with E-state index in [1.54, 1.807) is 10.9 Å². The van der Waals surface area contributed by atoms with Crippen LogP contribution in [0.5, 0.6) is 11.5 Å². The Hall–Kier alpha value is -3.25. The molecule has 0 radical (unpaired) electrons. The van der Waals surface area contributed by atoms with E-state index in [2.05, 4.69) is 4.98 Å². The van der Waals surface area contributed by atoms with Crippen LogP contribution in [0.3, 0.4) is 0 Å². The summed E-state index contributed by atoms with van der Waals surface area (Å²) in [6.45, 7) is 0.628. The van der Waals surface area contributed by atoms with Gasteiger partial charge in [-0.3, -0.25) is 9.36 Å². The van der Waals surface area contributed by atoms with Gasteiger partial charge in [-0.15, -0.1) is 0 Å². The number of rotatable bonds is 3. The monoisotopic (exact) mass is 393 g/mol. The lowest BCUT2D eigenvalue weighted by atomic mass is 10.1. The van der Waals surface area contributed by atoms with E-state index in [-0.39, 0.29) is 12.4 Å². The molecule has 3 heterocycles. The van der Waals surface area contributed by atoms with Crippen LogP contribution in [0, 0.1) is 0 Å². The molecule has 0 aliphatic carbocycles. The van der Waals surface area contributed by atoms with E-state index >= 15 is 0 Å². The molecule has 5 rings (SSSR count). The maximum Gasteiger partial charge on any atom is 0.278 e. The molecule has 4 aromatic rings. The average Bonchev–Trinajstić information content (AvgIpc) is 3.29. The smallest absolute Gasteiger partial charge is 0.278 e. The van der Waals surface area contributed by atoms with Crippen molar-refractivity contribution in [1.82, 2.24) is 14.1 Å². The van der Waals surface area contributed by atoms with Gasteiger partial charge in [0, 0.05) is 23.8 Å². The van der Waals surface area contributed by atoms with E-state index in [0.717, 1.165) is 22.4 Å². The Morgan fingerprint density at radius 3 is 2.71 bits per heavy atom. The fourth-order valence-corrected chi connectivity index (χ4v) is 3.63. The summed E-state index contributed by atoms with van der Waals surface area (Å²) in [5.41, 5.74) is 3.96. The lowest BCUT2D eigenvalue weighted by molar-refractivity contribution is 0.174. The first-order valence-corrected chi connectivity index (χ1v) is 9.17. The molecule has 140 valence electrons. The molecule has 0 fully saturated rings. The summed E-state index contributed by atoms with van der Waals surface area (Å²) in [5.74, 6) is 1.42. The Balaban J connectivity index is 1.57. The Morgan fingerprint density at radius 2 is 1.89 bits per heavy atom. The molecular formula is C21H16ClN3O3. The van der Waals surface area contributed by atoms with Gasteiger partial charge in [0.25, 0.3) is 5.56 Å². The molecule has 0 saturated carbocycles. The minimum absolute atomic E-state index is 0.0922. The zero-order valence-electron chi connectivity index (χ0n) is 15.1. The number of hydrogen-bond donors (Lipinski definition) is 0. The number of fused-ring (bicyclic) bond motifs is 2. The molecule has 0 atom stereocenters. The first kappa shape index (κ1) is 16.9. The van der Waals surface area contributed by atoms with Crippen molar-refractivity contribution in [3.05, 3.63) is 75.9 Å². The second-order valence-corrected chi connectivity index (χ2v) is 7.16. The van der Waals surface area contributed by atoms with Crippen molar-refractivity contribution in [2.75, 3.05) is 6.79 Å². The van der Waals surface area contributed by atoms with Crippen LogP contribution in [0.25, 0.3) is 22.2 Å². The topological polar surface area (TPSA) is 58.3 Å². The number of halogens is 1. The third-order valence-corrected chi connectivity index (χ3v) is 5.14. The summed E-state index contributed by atoms with van der Waals surface area (Å²) < 4.78 is 14.2. The summed E-state index contributed by atoms with van der Waals surface area (Å²) in [6, 6.07) is 13.2. The fraction of sp³-hybridized carbons (Fsp3) is 0.143. The van der Waals surface area contributed by atoms with Crippen LogP contribution in [-0.4, -0.2) is 20.9 Å². The normalized spacial score (nSPS) is 12.6. The van der Waals surface area contributed by atoms with Gasteiger partial charge in [0.1, 0.15) is 11.0 Å². The van der Waals surface area contributed by atoms with Crippen molar-refractivity contribution in [3.63, 3.8) is 0 Å². The summed E-state index contributed by atoms with van der Waals surface area (Å²) in [7, 11) is 1.86. The molecule has 1 aliphatic rings. The zero-order valence-corrected chi connectivity index (χ0v) is 15.8. The molecule has 0 spiro atoms. The second kappa shape index (κ2) is 6.42. The fourth-order valence-electron chi connectivity index (χ4n) is 3.50. The van der Waals surface area contributed by atoms with Gasteiger partial charge >= 0.3 is 0 Å². The van der Waals surface area contributed by atoms with Crippen molar-refractivity contribution in [1.29, 1.82) is 0 Å². The van der Waals surface area contributed by atoms with Crippen LogP contribution in [0.4, 0.5) is 0 Å². The second-order valence-electron chi connectivity index (χ2n) is 6.72. The van der Waals surface area contributed by atoms with Crippen molar-refractivity contribution < 1.29 is 9.47 Å². The molecule has 1 aliphatic heterocycles. The van der Waals surface area contributed by atoms with Crippen molar-refractivity contribution in [2.24, 2.45) is 7.05 Å². The number of hydrogen-bond acceptors (Lipinski definition) is 4. The van der Waals surface area contributed by atoms with Crippen LogP contribution in [0.15, 0.2) is 59.8 Å². The average molecular weight is 394 g/mol. The van der Waals surface area contributed by atoms with Gasteiger partial charge in [-0.1, -0.05) is 29.8 Å². The minimum Gasteiger partial charge on any atom is -0.454 e. The van der Waals surface area contributed by atoms with Crippen LogP contribution < -0.4 is 15.0 Å². The van der Waals surface area contributed by atoms with E-state index in [1.807, 2.05) is 60.3 Å². The predicted molar refractivity (Wildman–Crippen MR) is 107 cm³/mol. The lowest BCUT2D eigenvalue weighted by Gasteiger charge is -2.07. The Morgan fingerprint density at radius 1 is 1.11 bits per heavy atom. The van der Waals surface area contributed by atoms with E-state index in [1.165, 1.54) is 0 Å². The number of aryl methyl sites for hydroxylation is 1. The van der Waals surface area contributed by atoms with Crippen LogP contribution in [0.1, 0.15) is 5.56 Å². The summed E-state index contributed by atoms with van der Waals surface area (Å²) in [4.78, 5) is 17.7. The van der Waals surface area contributed by atoms with Gasteiger partial charge in [-0.2, -0.15) is 0 Å². The van der Waals surface area contributed by atoms with Crippen LogP contribution in [0.2, 0.25) is 5.02 Å². The predicted octanol–water partition coefficient (Wildman–Crippen LogP) is 3.83. The first-order valence-electron chi connectivity index (χ1n) is 8.79. The van der Waals surface area contributed by atoms with E-state index in [0.29, 0.717) is 28.4 Å². The molecule has 7 heteroatoms. The molecular weight excluding hydrogens is 378 g/mol. The minimum atomic E-state index is -0.0922. The maximum absolute atomic E-state index is 13.1. The molecule has 0 amide bonds. The molecule has 0 N–H and O–H groups in total. The molecule has 28 heavy (non-hydrogen) atoms. The van der Waals surface area contributed by atoms with Crippen LogP contribution in [-0.2, 0) is 13.6 Å². The van der Waals surface area contributed by atoms with Crippen LogP contribution >= 0.6 is 11.6 Å². The highest BCUT2D eigenvalue weighted by atomic mass is 35.5. The quantitative estimate of drug-likeness (QED) is 0.530. The molecule has 2 aromatic heterocycles. The van der Waals surface area contributed by atoms with Gasteiger partial charge < -0.3 is 14.0 Å². The summed E-state index contributed by atoms with van der Waals surface area (Å²) in [5, 5.41) is 0.669. The maximum atomic E-state index is 13.1. The Bertz CT molecular complexity index is 1260. The first-order chi connectivity index (χ1) is 13.6. The molecule has 0 saturated heterocycles. The molecule has 2 aromatic carbocycles. The zero-order chi connectivity index (χ0) is 19.3. The summed E-state index contributed by atoms with van der Waals surface area (Å²) >= 11 is 5.99. The standard InChI is InChI=1S/C21H16ClN3O3/c1-24-10-16(14-3-5-15(22)6-4-14)19-20(24)21(26)25(11-23-19)9-13-2-7-17-18(8-13)28-12-27-17/h2-8,10-11H,9,12H2,1H3. The highest BCUT2D eigenvalue weighted by molar-refractivity contribution is 6.30. The largest absolute Gasteiger partial charge is 0.454 e. The molecule has 0 bridgehead atoms. The summed E-state index contributed by atoms with van der Waals surface area (Å²) in [6.07, 6.45) is 3.52. The van der Waals surface area contributed by atoms with Gasteiger partial charge in [-0.25, -0.2) is 4.98 Å². The number of aromatic nitrogens is 3. The lowest BCUT2D eigenvalue weighted by Crippen LogP contribution is -2.22. The van der Waals surface area contributed by atoms with Crippen molar-refractivity contribution in [2.45, 2.75) is 6.54 Å². The third kappa shape index (κ3) is 2.73. The highest BCUT2D eigenvalue weighted by Gasteiger charge is 2.16. The SMILES string of the molecule is Cn1cc(-c2ccc(Cl)cc2)c2ncn(Cc3ccc4c(c3)OCO4)c(=O)c21. The Kier molecular flexibility index (Phi) is 3.87. The van der Waals surface area contributed by atoms with Crippen molar-refractivity contribution >= 4 is 22.6 Å². The number of ether oxygens (including phenoxy) is 2. The number of nitrogens with zero attached hydrogens (tertiary/aromatic N) is 3. The van der Waals surface area contributed by atoms with Gasteiger partial charge in [-0.05, 0) is 35.4 Å². The molecule has 6 nitrogen and oxygen atoms in total. The van der Waals surface area contributed by atoms with Gasteiger partial charge in [0.2, 0.25) is 6.79 Å². The molecule has 0 unspecified atom stereocenters. The number of benzene rings is 2. The van der Waals surface area contributed by atoms with E-state index in [4.69, 9.17) is 21.1 Å². The van der Waals surface area contributed by atoms with Gasteiger partial charge in [0.15, 0.2) is 11.5 Å². The van der Waals surface area contributed by atoms with Crippen molar-refractivity contribution in [3.8, 4) is 22.6 Å². The van der Waals surface area contributed by atoms with E-state index in [9.17, 15) is 4.79 Å². The van der Waals surface area contributed by atoms with Gasteiger partial charge in [0.05, 0.1) is 12.9 Å². The third-order valence-electron chi connectivity index (χ3n) is 4.89. The Labute approximate surface area is 165 Å². The highest BCUT2D eigenvalue weighted by Crippen LogP contribution is 2.33.